The van der Waals surface area contributed by atoms with Crippen molar-refractivity contribution in [3.05, 3.63) is 25.8 Å². The Morgan fingerprint density at radius 3 is 2.62 bits per heavy atom. The maximum Gasteiger partial charge on any atom is 0.313 e. The van der Waals surface area contributed by atoms with E-state index in [0.29, 0.717) is 0 Å². The van der Waals surface area contributed by atoms with Crippen LogP contribution in [-0.4, -0.2) is 36.0 Å². The molecule has 0 aromatic carbocycles. The molecular formula is C9H6BrCl2N3O5S. The summed E-state index contributed by atoms with van der Waals surface area (Å²) in [5.41, 5.74) is -0.466. The normalized spacial score (nSPS) is 19.1. The summed E-state index contributed by atoms with van der Waals surface area (Å²) in [7, 11) is 1.26. The van der Waals surface area contributed by atoms with E-state index in [1.165, 1.54) is 0 Å². The first kappa shape index (κ1) is 16.4. The summed E-state index contributed by atoms with van der Waals surface area (Å²) < 4.78 is 22.8. The number of halogens is 3. The van der Waals surface area contributed by atoms with Crippen LogP contribution in [0.2, 0.25) is 5.15 Å². The summed E-state index contributed by atoms with van der Waals surface area (Å²) in [5, 5.41) is 9.82. The van der Waals surface area contributed by atoms with Crippen molar-refractivity contribution in [1.29, 1.82) is 0 Å². The molecule has 0 N–H and O–H groups in total. The highest BCUT2D eigenvalue weighted by Crippen LogP contribution is 2.36. The number of nitro groups is 1. The number of aromatic nitrogens is 1. The van der Waals surface area contributed by atoms with Crippen LogP contribution < -0.4 is 4.90 Å². The Bertz CT molecular complexity index is 741. The van der Waals surface area contributed by atoms with Gasteiger partial charge in [-0.25, -0.2) is 13.4 Å². The Labute approximate surface area is 136 Å². The van der Waals surface area contributed by atoms with Gasteiger partial charge in [0.15, 0.2) is 0 Å². The van der Waals surface area contributed by atoms with E-state index in [9.17, 15) is 23.3 Å². The molecule has 1 fully saturated rings. The molecule has 2 rings (SSSR count). The fraction of sp³-hybridized carbons (Fsp3) is 0.333. The maximum atomic E-state index is 11.9. The van der Waals surface area contributed by atoms with Crippen molar-refractivity contribution in [2.24, 2.45) is 0 Å². The van der Waals surface area contributed by atoms with Gasteiger partial charge in [-0.05, 0) is 15.9 Å². The van der Waals surface area contributed by atoms with Crippen LogP contribution in [0.3, 0.4) is 0 Å². The fourth-order valence-electron chi connectivity index (χ4n) is 1.85. The number of pyridine rings is 1. The summed E-state index contributed by atoms with van der Waals surface area (Å²) >= 11 is 8.78. The van der Waals surface area contributed by atoms with E-state index < -0.39 is 30.8 Å². The lowest BCUT2D eigenvalue weighted by Gasteiger charge is -2.15. The highest BCUT2D eigenvalue weighted by molar-refractivity contribution is 9.10. The minimum absolute atomic E-state index is 0.0828. The molecule has 8 nitrogen and oxygen atoms in total. The van der Waals surface area contributed by atoms with Crippen LogP contribution in [0, 0.1) is 10.1 Å². The summed E-state index contributed by atoms with van der Waals surface area (Å²) in [5.74, 6) is -0.931. The zero-order valence-corrected chi connectivity index (χ0v) is 13.9. The van der Waals surface area contributed by atoms with E-state index >= 15 is 0 Å². The zero-order chi connectivity index (χ0) is 15.9. The largest absolute Gasteiger partial charge is 0.313 e. The molecule has 1 amide bonds. The maximum absolute atomic E-state index is 11.9. The minimum Gasteiger partial charge on any atom is -0.290 e. The average molecular weight is 419 g/mol. The zero-order valence-electron chi connectivity index (χ0n) is 9.99. The third kappa shape index (κ3) is 3.28. The number of carbonyl (C=O) groups excluding carboxylic acids is 1. The van der Waals surface area contributed by atoms with Crippen LogP contribution in [0.4, 0.5) is 11.5 Å². The average Bonchev–Trinajstić information content (AvgIpc) is 2.74. The predicted molar refractivity (Wildman–Crippen MR) is 79.1 cm³/mol. The Hall–Kier alpha value is -0.970. The number of hydrogen-bond acceptors (Lipinski definition) is 6. The van der Waals surface area contributed by atoms with Crippen LogP contribution in [0.1, 0.15) is 6.42 Å². The van der Waals surface area contributed by atoms with Crippen molar-refractivity contribution in [2.75, 3.05) is 11.4 Å². The lowest BCUT2D eigenvalue weighted by molar-refractivity contribution is -0.384. The summed E-state index contributed by atoms with van der Waals surface area (Å²) in [6.07, 6.45) is -0.363. The first-order chi connectivity index (χ1) is 9.61. The highest BCUT2D eigenvalue weighted by Gasteiger charge is 2.41. The van der Waals surface area contributed by atoms with Crippen molar-refractivity contribution >= 4 is 64.7 Å². The van der Waals surface area contributed by atoms with E-state index in [0.717, 1.165) is 11.0 Å². The fourth-order valence-corrected chi connectivity index (χ4v) is 3.32. The first-order valence-electron chi connectivity index (χ1n) is 5.35. The van der Waals surface area contributed by atoms with Crippen molar-refractivity contribution in [1.82, 2.24) is 4.98 Å². The van der Waals surface area contributed by atoms with Gasteiger partial charge in [0, 0.05) is 29.7 Å². The van der Waals surface area contributed by atoms with Gasteiger partial charge >= 0.3 is 5.69 Å². The SMILES string of the molecule is O=C1CC(S(=O)(=O)Cl)CN1c1nc(Cl)c(Br)cc1[N+](=O)[O-]. The van der Waals surface area contributed by atoms with Crippen LogP contribution in [0.25, 0.3) is 0 Å². The second-order valence-corrected chi connectivity index (χ2v) is 8.29. The molecule has 1 saturated heterocycles. The second kappa shape index (κ2) is 5.67. The molecule has 0 aliphatic carbocycles. The van der Waals surface area contributed by atoms with Gasteiger partial charge in [-0.15, -0.1) is 0 Å². The lowest BCUT2D eigenvalue weighted by Crippen LogP contribution is -2.28. The Morgan fingerprint density at radius 1 is 1.52 bits per heavy atom. The van der Waals surface area contributed by atoms with Crippen LogP contribution in [0.5, 0.6) is 0 Å². The van der Waals surface area contributed by atoms with Crippen LogP contribution >= 0.6 is 38.2 Å². The van der Waals surface area contributed by atoms with E-state index in [1.54, 1.807) is 0 Å². The van der Waals surface area contributed by atoms with Crippen molar-refractivity contribution in [3.8, 4) is 0 Å². The van der Waals surface area contributed by atoms with Gasteiger partial charge in [0.25, 0.3) is 0 Å². The molecule has 1 atom stereocenters. The van der Waals surface area contributed by atoms with Gasteiger partial charge in [-0.2, -0.15) is 0 Å². The van der Waals surface area contributed by atoms with E-state index in [-0.39, 0.29) is 28.4 Å². The monoisotopic (exact) mass is 417 g/mol. The molecule has 12 heteroatoms. The molecule has 1 aromatic rings. The van der Waals surface area contributed by atoms with Gasteiger partial charge in [0.1, 0.15) is 10.4 Å². The third-order valence-corrected chi connectivity index (χ3v) is 5.82. The molecule has 1 unspecified atom stereocenters. The Morgan fingerprint density at radius 2 is 2.14 bits per heavy atom. The quantitative estimate of drug-likeness (QED) is 0.321. The van der Waals surface area contributed by atoms with E-state index in [2.05, 4.69) is 20.9 Å². The smallest absolute Gasteiger partial charge is 0.290 e. The molecule has 2 heterocycles. The van der Waals surface area contributed by atoms with Crippen LogP contribution in [0.15, 0.2) is 10.5 Å². The molecule has 1 aliphatic rings. The molecule has 21 heavy (non-hydrogen) atoms. The number of amides is 1. The number of hydrogen-bond donors (Lipinski definition) is 0. The molecule has 0 saturated carbocycles. The molecule has 0 bridgehead atoms. The van der Waals surface area contributed by atoms with Gasteiger partial charge < -0.3 is 0 Å². The third-order valence-electron chi connectivity index (χ3n) is 2.83. The number of anilines is 1. The van der Waals surface area contributed by atoms with Gasteiger partial charge in [-0.3, -0.25) is 19.8 Å². The first-order valence-corrected chi connectivity index (χ1v) is 8.90. The van der Waals surface area contributed by atoms with Crippen molar-refractivity contribution in [3.63, 3.8) is 0 Å². The van der Waals surface area contributed by atoms with E-state index in [4.69, 9.17) is 22.3 Å². The summed E-state index contributed by atoms with van der Waals surface area (Å²) in [4.78, 5) is 26.9. The standard InChI is InChI=1S/C9H6BrCl2N3O5S/c10-5-2-6(15(17)18)9(13-8(5)11)14-3-4(1-7(14)16)21(12,19)20/h2,4H,1,3H2. The summed E-state index contributed by atoms with van der Waals surface area (Å²) in [6, 6.07) is 1.10. The summed E-state index contributed by atoms with van der Waals surface area (Å²) in [6.45, 7) is -0.309. The minimum atomic E-state index is -3.96. The number of carbonyl (C=O) groups is 1. The Balaban J connectivity index is 2.50. The molecule has 0 radical (unpaired) electrons. The Kier molecular flexibility index (Phi) is 4.43. The van der Waals surface area contributed by atoms with E-state index in [1.807, 2.05) is 0 Å². The molecule has 1 aliphatic heterocycles. The van der Waals surface area contributed by atoms with Gasteiger partial charge in [0.2, 0.25) is 20.8 Å². The molecule has 114 valence electrons. The highest BCUT2D eigenvalue weighted by atomic mass is 79.9. The molecular weight excluding hydrogens is 413 g/mol. The molecule has 0 spiro atoms. The number of rotatable bonds is 3. The second-order valence-electron chi connectivity index (χ2n) is 4.17. The van der Waals surface area contributed by atoms with Crippen molar-refractivity contribution < 1.29 is 18.1 Å². The molecule has 1 aromatic heterocycles. The van der Waals surface area contributed by atoms with Crippen molar-refractivity contribution in [2.45, 2.75) is 11.7 Å². The van der Waals surface area contributed by atoms with Gasteiger partial charge in [0.05, 0.1) is 9.40 Å². The number of nitrogens with zero attached hydrogens (tertiary/aromatic N) is 3. The lowest BCUT2D eigenvalue weighted by atomic mass is 10.3. The van der Waals surface area contributed by atoms with Crippen LogP contribution in [-0.2, 0) is 13.8 Å². The van der Waals surface area contributed by atoms with Gasteiger partial charge in [-0.1, -0.05) is 11.6 Å². The predicted octanol–water partition coefficient (Wildman–Crippen LogP) is 2.08. The topological polar surface area (TPSA) is 110 Å².